The van der Waals surface area contributed by atoms with Crippen molar-refractivity contribution in [2.45, 2.75) is 90.1 Å². The Hall–Kier alpha value is -1.07. The van der Waals surface area contributed by atoms with Gasteiger partial charge in [0.1, 0.15) is 0 Å². The monoisotopic (exact) mass is 343 g/mol. The van der Waals surface area contributed by atoms with E-state index in [1.165, 1.54) is 76.7 Å². The van der Waals surface area contributed by atoms with Gasteiger partial charge in [0.15, 0.2) is 0 Å². The SMILES string of the molecule is CCC[C@H]1CC[C@H](COC2CCC(CCC=CC=CC#N)CC2)CC1. The van der Waals surface area contributed by atoms with Crippen LogP contribution in [0.5, 0.6) is 0 Å². The Kier molecular flexibility index (Phi) is 9.97. The van der Waals surface area contributed by atoms with Gasteiger partial charge in [-0.15, -0.1) is 0 Å². The summed E-state index contributed by atoms with van der Waals surface area (Å²) in [7, 11) is 0. The fourth-order valence-electron chi connectivity index (χ4n) is 4.56. The Morgan fingerprint density at radius 2 is 1.52 bits per heavy atom. The number of nitrogens with zero attached hydrogens (tertiary/aromatic N) is 1. The van der Waals surface area contributed by atoms with E-state index in [0.717, 1.165) is 30.8 Å². The van der Waals surface area contributed by atoms with Crippen molar-refractivity contribution in [2.75, 3.05) is 6.61 Å². The van der Waals surface area contributed by atoms with E-state index in [1.807, 2.05) is 18.2 Å². The fraction of sp³-hybridized carbons (Fsp3) is 0.783. The molecule has 0 aromatic carbocycles. The number of ether oxygens (including phenoxy) is 1. The lowest BCUT2D eigenvalue weighted by Crippen LogP contribution is -2.26. The average molecular weight is 344 g/mol. The Morgan fingerprint density at radius 1 is 0.880 bits per heavy atom. The quantitative estimate of drug-likeness (QED) is 0.350. The van der Waals surface area contributed by atoms with Crippen molar-refractivity contribution in [3.8, 4) is 6.07 Å². The molecule has 2 aliphatic rings. The summed E-state index contributed by atoms with van der Waals surface area (Å²) in [6, 6.07) is 2.01. The minimum absolute atomic E-state index is 0.527. The molecule has 0 aliphatic heterocycles. The van der Waals surface area contributed by atoms with E-state index < -0.39 is 0 Å². The van der Waals surface area contributed by atoms with Crippen LogP contribution in [0.15, 0.2) is 24.3 Å². The van der Waals surface area contributed by atoms with E-state index in [-0.39, 0.29) is 0 Å². The van der Waals surface area contributed by atoms with Crippen LogP contribution in [0.25, 0.3) is 0 Å². The van der Waals surface area contributed by atoms with E-state index in [9.17, 15) is 0 Å². The lowest BCUT2D eigenvalue weighted by Gasteiger charge is -2.32. The molecule has 0 saturated heterocycles. The molecule has 2 rings (SSSR count). The average Bonchev–Trinajstić information content (AvgIpc) is 2.65. The molecule has 2 saturated carbocycles. The number of hydrogen-bond donors (Lipinski definition) is 0. The molecule has 2 heteroatoms. The van der Waals surface area contributed by atoms with Crippen molar-refractivity contribution in [2.24, 2.45) is 17.8 Å². The molecule has 140 valence electrons. The topological polar surface area (TPSA) is 33.0 Å². The third kappa shape index (κ3) is 8.23. The van der Waals surface area contributed by atoms with Crippen molar-refractivity contribution in [1.82, 2.24) is 0 Å². The molecule has 0 radical (unpaired) electrons. The largest absolute Gasteiger partial charge is 0.378 e. The smallest absolute Gasteiger partial charge is 0.0912 e. The molecule has 0 atom stereocenters. The molecule has 0 heterocycles. The molecule has 0 bridgehead atoms. The first-order valence-corrected chi connectivity index (χ1v) is 10.6. The third-order valence-corrected chi connectivity index (χ3v) is 6.18. The van der Waals surface area contributed by atoms with Gasteiger partial charge >= 0.3 is 0 Å². The fourth-order valence-corrected chi connectivity index (χ4v) is 4.56. The molecule has 25 heavy (non-hydrogen) atoms. The molecular weight excluding hydrogens is 306 g/mol. The number of hydrogen-bond acceptors (Lipinski definition) is 2. The van der Waals surface area contributed by atoms with Crippen molar-refractivity contribution in [3.05, 3.63) is 24.3 Å². The van der Waals surface area contributed by atoms with Gasteiger partial charge in [-0.2, -0.15) is 5.26 Å². The number of nitriles is 1. The standard InChI is InChI=1S/C23H37NO/c1-2-8-20-10-12-22(13-11-20)19-25-23-16-14-21(15-17-23)9-6-4-3-5-7-18-24/h3-5,7,20-23H,2,6,8-17,19H2,1H3/t20-,21?,22-,23?. The van der Waals surface area contributed by atoms with E-state index in [1.54, 1.807) is 0 Å². The zero-order valence-electron chi connectivity index (χ0n) is 16.2. The predicted octanol–water partition coefficient (Wildman–Crippen LogP) is 6.58. The first-order chi connectivity index (χ1) is 12.3. The van der Waals surface area contributed by atoms with Crippen LogP contribution in [-0.2, 0) is 4.74 Å². The summed E-state index contributed by atoms with van der Waals surface area (Å²) in [5, 5.41) is 8.43. The minimum Gasteiger partial charge on any atom is -0.378 e. The summed E-state index contributed by atoms with van der Waals surface area (Å²) in [6.45, 7) is 3.33. The minimum atomic E-state index is 0.527. The molecule has 0 spiro atoms. The van der Waals surface area contributed by atoms with E-state index in [4.69, 9.17) is 10.00 Å². The van der Waals surface area contributed by atoms with Crippen LogP contribution in [0.3, 0.4) is 0 Å². The maximum absolute atomic E-state index is 8.43. The van der Waals surface area contributed by atoms with Crippen molar-refractivity contribution < 1.29 is 4.74 Å². The molecule has 0 aromatic heterocycles. The van der Waals surface area contributed by atoms with Gasteiger partial charge in [0, 0.05) is 12.7 Å². The lowest BCUT2D eigenvalue weighted by molar-refractivity contribution is -0.0101. The van der Waals surface area contributed by atoms with Crippen LogP contribution in [0.2, 0.25) is 0 Å². The van der Waals surface area contributed by atoms with Gasteiger partial charge in [0.05, 0.1) is 12.2 Å². The lowest BCUT2D eigenvalue weighted by atomic mass is 9.80. The summed E-state index contributed by atoms with van der Waals surface area (Å²) < 4.78 is 6.28. The van der Waals surface area contributed by atoms with Crippen molar-refractivity contribution >= 4 is 0 Å². The van der Waals surface area contributed by atoms with Crippen molar-refractivity contribution in [3.63, 3.8) is 0 Å². The predicted molar refractivity (Wildman–Crippen MR) is 105 cm³/mol. The van der Waals surface area contributed by atoms with Gasteiger partial charge < -0.3 is 4.74 Å². The van der Waals surface area contributed by atoms with E-state index >= 15 is 0 Å². The summed E-state index contributed by atoms with van der Waals surface area (Å²) in [5.41, 5.74) is 0. The summed E-state index contributed by atoms with van der Waals surface area (Å²) in [5.74, 6) is 2.70. The first-order valence-electron chi connectivity index (χ1n) is 10.6. The molecule has 2 fully saturated rings. The highest BCUT2D eigenvalue weighted by atomic mass is 16.5. The Bertz CT molecular complexity index is 431. The van der Waals surface area contributed by atoms with E-state index in [0.29, 0.717) is 6.10 Å². The highest BCUT2D eigenvalue weighted by Crippen LogP contribution is 2.33. The molecule has 0 aromatic rings. The molecular formula is C23H37NO. The van der Waals surface area contributed by atoms with Crippen LogP contribution < -0.4 is 0 Å². The van der Waals surface area contributed by atoms with Crippen molar-refractivity contribution in [1.29, 1.82) is 5.26 Å². The Morgan fingerprint density at radius 3 is 2.20 bits per heavy atom. The highest BCUT2D eigenvalue weighted by Gasteiger charge is 2.24. The maximum Gasteiger partial charge on any atom is 0.0912 e. The summed E-state index contributed by atoms with van der Waals surface area (Å²) >= 11 is 0. The molecule has 2 aliphatic carbocycles. The van der Waals surface area contributed by atoms with Gasteiger partial charge in [-0.1, -0.05) is 50.8 Å². The molecule has 0 N–H and O–H groups in total. The Labute approximate surface area is 155 Å². The van der Waals surface area contributed by atoms with Crippen LogP contribution >= 0.6 is 0 Å². The van der Waals surface area contributed by atoms with Gasteiger partial charge in [-0.3, -0.25) is 0 Å². The second-order valence-electron chi connectivity index (χ2n) is 8.15. The number of rotatable bonds is 9. The molecule has 0 amide bonds. The van der Waals surface area contributed by atoms with Gasteiger partial charge in [-0.25, -0.2) is 0 Å². The normalized spacial score (nSPS) is 30.7. The Balaban J connectivity index is 1.52. The summed E-state index contributed by atoms with van der Waals surface area (Å²) in [6.07, 6.45) is 24.1. The first kappa shape index (κ1) is 20.2. The third-order valence-electron chi connectivity index (χ3n) is 6.18. The second kappa shape index (κ2) is 12.3. The highest BCUT2D eigenvalue weighted by molar-refractivity contribution is 5.11. The number of allylic oxidation sites excluding steroid dienone is 4. The summed E-state index contributed by atoms with van der Waals surface area (Å²) in [4.78, 5) is 0. The van der Waals surface area contributed by atoms with E-state index in [2.05, 4.69) is 13.0 Å². The van der Waals surface area contributed by atoms with Crippen LogP contribution in [-0.4, -0.2) is 12.7 Å². The van der Waals surface area contributed by atoms with Gasteiger partial charge in [-0.05, 0) is 69.1 Å². The van der Waals surface area contributed by atoms with Gasteiger partial charge in [0.2, 0.25) is 0 Å². The second-order valence-corrected chi connectivity index (χ2v) is 8.15. The zero-order valence-corrected chi connectivity index (χ0v) is 16.2. The van der Waals surface area contributed by atoms with Gasteiger partial charge in [0.25, 0.3) is 0 Å². The van der Waals surface area contributed by atoms with Crippen LogP contribution in [0.1, 0.15) is 84.0 Å². The zero-order chi connectivity index (χ0) is 17.7. The molecule has 2 nitrogen and oxygen atoms in total. The van der Waals surface area contributed by atoms with Crippen LogP contribution in [0, 0.1) is 29.1 Å². The maximum atomic E-state index is 8.43. The van der Waals surface area contributed by atoms with Crippen LogP contribution in [0.4, 0.5) is 0 Å². The molecule has 0 unspecified atom stereocenters.